The summed E-state index contributed by atoms with van der Waals surface area (Å²) in [7, 11) is 1.94. The minimum absolute atomic E-state index is 0.100. The van der Waals surface area contributed by atoms with E-state index in [0.29, 0.717) is 49.1 Å². The molecule has 2 aromatic heterocycles. The monoisotopic (exact) mass is 504 g/mol. The van der Waals surface area contributed by atoms with Gasteiger partial charge < -0.3 is 25.8 Å². The maximum absolute atomic E-state index is 15.3. The van der Waals surface area contributed by atoms with Gasteiger partial charge in [0.15, 0.2) is 0 Å². The molecule has 1 amide bonds. The molecule has 4 N–H and O–H groups in total. The molecule has 3 heterocycles. The third-order valence-electron chi connectivity index (χ3n) is 5.99. The number of likely N-dealkylation sites (N-methyl/N-ethyl adjacent to an activating group) is 1. The van der Waals surface area contributed by atoms with Crippen molar-refractivity contribution in [1.29, 1.82) is 0 Å². The number of benzene rings is 1. The molecule has 0 bridgehead atoms. The van der Waals surface area contributed by atoms with Crippen molar-refractivity contribution in [3.8, 4) is 11.1 Å². The first-order valence-corrected chi connectivity index (χ1v) is 11.1. The van der Waals surface area contributed by atoms with E-state index in [2.05, 4.69) is 20.2 Å². The van der Waals surface area contributed by atoms with E-state index in [4.69, 9.17) is 5.73 Å². The van der Waals surface area contributed by atoms with Crippen LogP contribution in [0.1, 0.15) is 21.5 Å². The van der Waals surface area contributed by atoms with Gasteiger partial charge in [-0.05, 0) is 30.8 Å². The number of hydrogen-bond acceptors (Lipinski definition) is 6. The standard InChI is InChI=1S/C24H24F4N6O2/c1-33-2-4-34(5-3-33)21-9-19(25)16(15-6-14(10-29)11-30-12-15)7-20(21)32-23(36)17-13-31-22(35)8-18(17)24(26,27)28/h6-9,11-13H,2-5,10,29H2,1H3,(H,31,35)(H,32,36). The summed E-state index contributed by atoms with van der Waals surface area (Å²) in [5.74, 6) is -1.68. The van der Waals surface area contributed by atoms with Gasteiger partial charge in [-0.15, -0.1) is 0 Å². The number of pyridine rings is 2. The van der Waals surface area contributed by atoms with Gasteiger partial charge in [0.05, 0.1) is 22.5 Å². The van der Waals surface area contributed by atoms with Crippen molar-refractivity contribution >= 4 is 17.3 Å². The molecule has 190 valence electrons. The van der Waals surface area contributed by atoms with Crippen LogP contribution in [0.5, 0.6) is 0 Å². The quantitative estimate of drug-likeness (QED) is 0.461. The van der Waals surface area contributed by atoms with Crippen LogP contribution in [-0.4, -0.2) is 54.0 Å². The van der Waals surface area contributed by atoms with Crippen molar-refractivity contribution in [2.24, 2.45) is 5.73 Å². The zero-order valence-electron chi connectivity index (χ0n) is 19.3. The molecule has 0 radical (unpaired) electrons. The van der Waals surface area contributed by atoms with E-state index in [9.17, 15) is 22.8 Å². The first-order chi connectivity index (χ1) is 17.1. The van der Waals surface area contributed by atoms with Gasteiger partial charge in [0, 0.05) is 68.5 Å². The van der Waals surface area contributed by atoms with Gasteiger partial charge in [-0.25, -0.2) is 4.39 Å². The number of nitrogens with zero attached hydrogens (tertiary/aromatic N) is 3. The molecule has 36 heavy (non-hydrogen) atoms. The molecule has 0 spiro atoms. The predicted molar refractivity (Wildman–Crippen MR) is 127 cm³/mol. The Morgan fingerprint density at radius 2 is 1.86 bits per heavy atom. The summed E-state index contributed by atoms with van der Waals surface area (Å²) in [6, 6.07) is 4.60. The molecule has 1 aliphatic heterocycles. The van der Waals surface area contributed by atoms with Crippen LogP contribution in [0.15, 0.2) is 47.7 Å². The third-order valence-corrected chi connectivity index (χ3v) is 5.99. The van der Waals surface area contributed by atoms with Crippen molar-refractivity contribution in [3.63, 3.8) is 0 Å². The van der Waals surface area contributed by atoms with Crippen LogP contribution in [0.2, 0.25) is 0 Å². The van der Waals surface area contributed by atoms with Crippen molar-refractivity contribution < 1.29 is 22.4 Å². The first kappa shape index (κ1) is 25.3. The largest absolute Gasteiger partial charge is 0.417 e. The molecule has 1 fully saturated rings. The second-order valence-corrected chi connectivity index (χ2v) is 8.50. The number of carbonyl (C=O) groups is 1. The smallest absolute Gasteiger partial charge is 0.367 e. The molecule has 4 rings (SSSR count). The van der Waals surface area contributed by atoms with Gasteiger partial charge in [-0.2, -0.15) is 13.2 Å². The topological polar surface area (TPSA) is 107 Å². The van der Waals surface area contributed by atoms with Crippen LogP contribution in [0.25, 0.3) is 11.1 Å². The Kier molecular flexibility index (Phi) is 7.09. The second kappa shape index (κ2) is 10.1. The number of H-pyrrole nitrogens is 1. The van der Waals surface area contributed by atoms with Crippen molar-refractivity contribution in [3.05, 3.63) is 75.7 Å². The molecule has 0 unspecified atom stereocenters. The van der Waals surface area contributed by atoms with Crippen LogP contribution in [0.4, 0.5) is 28.9 Å². The number of rotatable bonds is 5. The van der Waals surface area contributed by atoms with Gasteiger partial charge in [0.2, 0.25) is 5.56 Å². The summed E-state index contributed by atoms with van der Waals surface area (Å²) in [5.41, 5.74) is 4.16. The molecule has 1 saturated heterocycles. The van der Waals surface area contributed by atoms with E-state index in [1.807, 2.05) is 11.9 Å². The maximum Gasteiger partial charge on any atom is 0.417 e. The summed E-state index contributed by atoms with van der Waals surface area (Å²) in [5, 5.41) is 2.51. The van der Waals surface area contributed by atoms with E-state index >= 15 is 4.39 Å². The number of anilines is 2. The fraction of sp³-hybridized carbons (Fsp3) is 0.292. The summed E-state index contributed by atoms with van der Waals surface area (Å²) < 4.78 is 55.9. The van der Waals surface area contributed by atoms with Crippen molar-refractivity contribution in [2.75, 3.05) is 43.4 Å². The van der Waals surface area contributed by atoms with Gasteiger partial charge in [0.25, 0.3) is 5.91 Å². The van der Waals surface area contributed by atoms with Crippen LogP contribution in [0.3, 0.4) is 0 Å². The normalized spacial score (nSPS) is 14.7. The summed E-state index contributed by atoms with van der Waals surface area (Å²) >= 11 is 0. The molecular formula is C24H24F4N6O2. The Hall–Kier alpha value is -3.77. The van der Waals surface area contributed by atoms with E-state index in [1.165, 1.54) is 24.5 Å². The highest BCUT2D eigenvalue weighted by Crippen LogP contribution is 2.36. The van der Waals surface area contributed by atoms with Gasteiger partial charge in [-0.3, -0.25) is 14.6 Å². The van der Waals surface area contributed by atoms with Crippen LogP contribution >= 0.6 is 0 Å². The highest BCUT2D eigenvalue weighted by atomic mass is 19.4. The van der Waals surface area contributed by atoms with E-state index in [1.54, 1.807) is 6.07 Å². The highest BCUT2D eigenvalue weighted by molar-refractivity contribution is 6.07. The Balaban J connectivity index is 1.80. The second-order valence-electron chi connectivity index (χ2n) is 8.50. The van der Waals surface area contributed by atoms with Crippen molar-refractivity contribution in [1.82, 2.24) is 14.9 Å². The predicted octanol–water partition coefficient (Wildman–Crippen LogP) is 3.06. The fourth-order valence-corrected chi connectivity index (χ4v) is 4.02. The van der Waals surface area contributed by atoms with E-state index in [-0.39, 0.29) is 17.8 Å². The summed E-state index contributed by atoms with van der Waals surface area (Å²) in [6.07, 6.45) is -1.24. The average Bonchev–Trinajstić information content (AvgIpc) is 2.84. The number of nitrogens with one attached hydrogen (secondary N) is 2. The molecule has 0 saturated carbocycles. The Morgan fingerprint density at radius 3 is 2.53 bits per heavy atom. The zero-order valence-corrected chi connectivity index (χ0v) is 19.3. The lowest BCUT2D eigenvalue weighted by atomic mass is 10.0. The minimum Gasteiger partial charge on any atom is -0.367 e. The number of halogens is 4. The number of nitrogens with two attached hydrogens (primary N) is 1. The number of amides is 1. The SMILES string of the molecule is CN1CCN(c2cc(F)c(-c3cncc(CN)c3)cc2NC(=O)c2c[nH]c(=O)cc2C(F)(F)F)CC1. The molecule has 0 atom stereocenters. The third kappa shape index (κ3) is 5.39. The average molecular weight is 504 g/mol. The van der Waals surface area contributed by atoms with Gasteiger partial charge >= 0.3 is 6.18 Å². The van der Waals surface area contributed by atoms with Crippen molar-refractivity contribution in [2.45, 2.75) is 12.7 Å². The lowest BCUT2D eigenvalue weighted by molar-refractivity contribution is -0.138. The van der Waals surface area contributed by atoms with E-state index in [0.717, 1.165) is 6.20 Å². The highest BCUT2D eigenvalue weighted by Gasteiger charge is 2.36. The summed E-state index contributed by atoms with van der Waals surface area (Å²) in [4.78, 5) is 34.6. The Labute approximate surface area is 203 Å². The molecule has 0 aliphatic carbocycles. The lowest BCUT2D eigenvalue weighted by Gasteiger charge is -2.35. The molecule has 1 aliphatic rings. The number of hydrogen-bond donors (Lipinski definition) is 3. The number of aromatic nitrogens is 2. The maximum atomic E-state index is 15.3. The molecule has 1 aromatic carbocycles. The molecule has 12 heteroatoms. The van der Waals surface area contributed by atoms with Crippen LogP contribution in [-0.2, 0) is 12.7 Å². The number of aromatic amines is 1. The Morgan fingerprint density at radius 1 is 1.14 bits per heavy atom. The molecule has 8 nitrogen and oxygen atoms in total. The van der Waals surface area contributed by atoms with Gasteiger partial charge in [-0.1, -0.05) is 0 Å². The molecule has 3 aromatic rings. The minimum atomic E-state index is -4.93. The zero-order chi connectivity index (χ0) is 26.0. The number of carbonyl (C=O) groups excluding carboxylic acids is 1. The number of piperazine rings is 1. The first-order valence-electron chi connectivity index (χ1n) is 11.1. The van der Waals surface area contributed by atoms with Crippen LogP contribution < -0.4 is 21.5 Å². The molecular weight excluding hydrogens is 480 g/mol. The fourth-order valence-electron chi connectivity index (χ4n) is 4.02. The van der Waals surface area contributed by atoms with E-state index < -0.39 is 34.6 Å². The lowest BCUT2D eigenvalue weighted by Crippen LogP contribution is -2.44. The summed E-state index contributed by atoms with van der Waals surface area (Å²) in [6.45, 7) is 2.58. The number of alkyl halides is 3. The Bertz CT molecular complexity index is 1330. The van der Waals surface area contributed by atoms with Crippen LogP contribution in [0, 0.1) is 5.82 Å². The van der Waals surface area contributed by atoms with Gasteiger partial charge in [0.1, 0.15) is 5.82 Å².